The minimum atomic E-state index is -4.17. The average molecular weight is 485 g/mol. The van der Waals surface area contributed by atoms with Crippen molar-refractivity contribution in [1.29, 1.82) is 0 Å². The highest BCUT2D eigenvalue weighted by atomic mass is 35.5. The van der Waals surface area contributed by atoms with E-state index in [1.807, 2.05) is 0 Å². The summed E-state index contributed by atoms with van der Waals surface area (Å²) in [6.07, 6.45) is 1.10. The van der Waals surface area contributed by atoms with Gasteiger partial charge < -0.3 is 0 Å². The summed E-state index contributed by atoms with van der Waals surface area (Å²) in [7, 11) is -4.17. The third kappa shape index (κ3) is 3.54. The van der Waals surface area contributed by atoms with Gasteiger partial charge in [0.1, 0.15) is 16.7 Å². The Morgan fingerprint density at radius 2 is 1.50 bits per heavy atom. The van der Waals surface area contributed by atoms with Crippen LogP contribution >= 0.6 is 34.8 Å². The summed E-state index contributed by atoms with van der Waals surface area (Å²) in [5, 5.41) is 0.230. The molecule has 0 saturated heterocycles. The topological polar surface area (TPSA) is 47.0 Å². The largest absolute Gasteiger partial charge is 0.253 e. The van der Waals surface area contributed by atoms with Gasteiger partial charge in [-0.25, -0.2) is 17.2 Å². The van der Waals surface area contributed by atoms with Gasteiger partial charge in [0.15, 0.2) is 0 Å². The van der Waals surface area contributed by atoms with Crippen molar-refractivity contribution in [2.75, 3.05) is 0 Å². The van der Waals surface area contributed by atoms with E-state index >= 15 is 0 Å². The predicted octanol–water partition coefficient (Wildman–Crippen LogP) is 6.97. The molecule has 0 N–H and O–H groups in total. The van der Waals surface area contributed by atoms with Crippen LogP contribution in [-0.2, 0) is 9.84 Å². The molecule has 0 aliphatic heterocycles. The van der Waals surface area contributed by atoms with E-state index in [4.69, 9.17) is 34.8 Å². The van der Waals surface area contributed by atoms with Crippen molar-refractivity contribution >= 4 is 55.5 Å². The molecule has 0 fully saturated rings. The molecule has 3 aromatic carbocycles. The quantitative estimate of drug-likeness (QED) is 0.295. The molecule has 0 radical (unpaired) electrons. The molecule has 0 aliphatic carbocycles. The second-order valence-electron chi connectivity index (χ2n) is 6.34. The molecule has 0 aliphatic rings. The summed E-state index contributed by atoms with van der Waals surface area (Å²) >= 11 is 17.8. The van der Waals surface area contributed by atoms with Crippen LogP contribution in [0.5, 0.6) is 0 Å². The Hall–Kier alpha value is -2.25. The summed E-state index contributed by atoms with van der Waals surface area (Å²) in [6.45, 7) is 0. The van der Waals surface area contributed by atoms with E-state index < -0.39 is 21.5 Å². The van der Waals surface area contributed by atoms with Crippen LogP contribution in [0.25, 0.3) is 22.0 Å². The monoisotopic (exact) mass is 483 g/mol. The zero-order valence-electron chi connectivity index (χ0n) is 14.8. The van der Waals surface area contributed by atoms with Gasteiger partial charge in [-0.2, -0.15) is 0 Å². The Morgan fingerprint density at radius 1 is 0.833 bits per heavy atom. The molecule has 0 atom stereocenters. The number of hydrogen-bond donors (Lipinski definition) is 0. The summed E-state index contributed by atoms with van der Waals surface area (Å²) in [4.78, 5) is 3.72. The first kappa shape index (κ1) is 21.0. The van der Waals surface area contributed by atoms with E-state index in [0.717, 1.165) is 30.5 Å². The first-order valence-electron chi connectivity index (χ1n) is 8.43. The van der Waals surface area contributed by atoms with Gasteiger partial charge in [-0.3, -0.25) is 4.98 Å². The van der Waals surface area contributed by atoms with Gasteiger partial charge in [-0.15, -0.1) is 0 Å². The normalized spacial score (nSPS) is 11.8. The highest BCUT2D eigenvalue weighted by molar-refractivity contribution is 7.91. The van der Waals surface area contributed by atoms with Gasteiger partial charge in [0, 0.05) is 22.2 Å². The maximum Gasteiger partial charge on any atom is 0.208 e. The third-order valence-corrected chi connectivity index (χ3v) is 7.18. The van der Waals surface area contributed by atoms with E-state index in [1.165, 1.54) is 6.07 Å². The maximum atomic E-state index is 14.0. The van der Waals surface area contributed by atoms with Gasteiger partial charge in [0.05, 0.1) is 20.3 Å². The molecule has 4 aromatic rings. The van der Waals surface area contributed by atoms with Crippen LogP contribution in [0.3, 0.4) is 0 Å². The molecule has 9 heteroatoms. The molecule has 0 bridgehead atoms. The van der Waals surface area contributed by atoms with Crippen LogP contribution in [0.1, 0.15) is 0 Å². The zero-order chi connectivity index (χ0) is 21.6. The Kier molecular flexibility index (Phi) is 5.45. The van der Waals surface area contributed by atoms with E-state index in [9.17, 15) is 17.2 Å². The molecule has 4 rings (SSSR count). The SMILES string of the molecule is O=S(=O)(c1ccc(F)c(Cl)c1)c1cnc2c(Cl)c(F)ccc2c1-c1ccc(Cl)cc1. The lowest BCUT2D eigenvalue weighted by Crippen LogP contribution is -2.06. The Morgan fingerprint density at radius 3 is 2.17 bits per heavy atom. The second-order valence-corrected chi connectivity index (χ2v) is 9.48. The number of aromatic nitrogens is 1. The molecular weight excluding hydrogens is 475 g/mol. The fraction of sp³-hybridized carbons (Fsp3) is 0. The smallest absolute Gasteiger partial charge is 0.208 e. The van der Waals surface area contributed by atoms with Crippen molar-refractivity contribution in [2.45, 2.75) is 9.79 Å². The molecular formula is C21H10Cl3F2NO2S. The summed E-state index contributed by atoms with van der Waals surface area (Å²) in [6, 6.07) is 12.1. The van der Waals surface area contributed by atoms with Crippen LogP contribution in [0.2, 0.25) is 15.1 Å². The minimum Gasteiger partial charge on any atom is -0.253 e. The summed E-state index contributed by atoms with van der Waals surface area (Å²) in [5.74, 6) is -1.42. The predicted molar refractivity (Wildman–Crippen MR) is 114 cm³/mol. The van der Waals surface area contributed by atoms with Crippen LogP contribution in [0, 0.1) is 11.6 Å². The zero-order valence-corrected chi connectivity index (χ0v) is 17.9. The first-order chi connectivity index (χ1) is 14.2. The van der Waals surface area contributed by atoms with Crippen LogP contribution in [0.4, 0.5) is 8.78 Å². The van der Waals surface area contributed by atoms with E-state index in [0.29, 0.717) is 16.0 Å². The number of halogens is 5. The number of fused-ring (bicyclic) bond motifs is 1. The lowest BCUT2D eigenvalue weighted by Gasteiger charge is -2.15. The molecule has 0 saturated carbocycles. The molecule has 30 heavy (non-hydrogen) atoms. The summed E-state index contributed by atoms with van der Waals surface area (Å²) in [5.41, 5.74) is 0.873. The lowest BCUT2D eigenvalue weighted by molar-refractivity contribution is 0.595. The number of nitrogens with zero attached hydrogens (tertiary/aromatic N) is 1. The highest BCUT2D eigenvalue weighted by Gasteiger charge is 2.26. The van der Waals surface area contributed by atoms with Gasteiger partial charge >= 0.3 is 0 Å². The molecule has 0 spiro atoms. The van der Waals surface area contributed by atoms with Crippen LogP contribution in [-0.4, -0.2) is 13.4 Å². The molecule has 0 unspecified atom stereocenters. The summed E-state index contributed by atoms with van der Waals surface area (Å²) < 4.78 is 54.3. The average Bonchev–Trinajstić information content (AvgIpc) is 2.72. The third-order valence-electron chi connectivity index (χ3n) is 4.52. The number of sulfone groups is 1. The Bertz CT molecular complexity index is 1410. The first-order valence-corrected chi connectivity index (χ1v) is 11.0. The fourth-order valence-electron chi connectivity index (χ4n) is 3.08. The standard InChI is InChI=1S/C21H10Cl3F2NO2S/c22-12-3-1-11(2-4-12)19-14-6-8-17(26)20(24)21(14)27-10-18(19)30(28,29)13-5-7-16(25)15(23)9-13/h1-10H. The molecule has 0 amide bonds. The van der Waals surface area contributed by atoms with Crippen molar-refractivity contribution in [1.82, 2.24) is 4.98 Å². The van der Waals surface area contributed by atoms with Crippen molar-refractivity contribution in [2.24, 2.45) is 0 Å². The minimum absolute atomic E-state index is 0.109. The van der Waals surface area contributed by atoms with Crippen molar-refractivity contribution in [3.05, 3.63) is 87.5 Å². The Labute approximate surface area is 185 Å². The number of pyridine rings is 1. The molecule has 1 aromatic heterocycles. The Balaban J connectivity index is 2.09. The van der Waals surface area contributed by atoms with E-state index in [-0.39, 0.29) is 30.9 Å². The van der Waals surface area contributed by atoms with Crippen LogP contribution in [0.15, 0.2) is 70.6 Å². The molecule has 3 nitrogen and oxygen atoms in total. The highest BCUT2D eigenvalue weighted by Crippen LogP contribution is 2.39. The van der Waals surface area contributed by atoms with Gasteiger partial charge in [0.25, 0.3) is 0 Å². The molecule has 152 valence electrons. The van der Waals surface area contributed by atoms with Crippen molar-refractivity contribution in [3.8, 4) is 11.1 Å². The maximum absolute atomic E-state index is 14.0. The second kappa shape index (κ2) is 7.78. The molecule has 1 heterocycles. The number of benzene rings is 3. The number of hydrogen-bond acceptors (Lipinski definition) is 3. The van der Waals surface area contributed by atoms with E-state index in [1.54, 1.807) is 24.3 Å². The van der Waals surface area contributed by atoms with Gasteiger partial charge in [-0.05, 0) is 48.0 Å². The number of rotatable bonds is 3. The van der Waals surface area contributed by atoms with Gasteiger partial charge in [0.2, 0.25) is 9.84 Å². The van der Waals surface area contributed by atoms with Gasteiger partial charge in [-0.1, -0.05) is 46.9 Å². The van der Waals surface area contributed by atoms with Crippen LogP contribution < -0.4 is 0 Å². The van der Waals surface area contributed by atoms with E-state index in [2.05, 4.69) is 4.98 Å². The fourth-order valence-corrected chi connectivity index (χ4v) is 5.12. The lowest BCUT2D eigenvalue weighted by atomic mass is 10.0. The van der Waals surface area contributed by atoms with Crippen molar-refractivity contribution < 1.29 is 17.2 Å². The van der Waals surface area contributed by atoms with Crippen molar-refractivity contribution in [3.63, 3.8) is 0 Å².